The average molecular weight is 415 g/mol. The summed E-state index contributed by atoms with van der Waals surface area (Å²) in [5.74, 6) is -0.219. The minimum absolute atomic E-state index is 0.219. The molecule has 0 spiro atoms. The second-order valence-electron chi connectivity index (χ2n) is 7.50. The van der Waals surface area contributed by atoms with E-state index in [4.69, 9.17) is 4.98 Å². The molecule has 0 saturated carbocycles. The van der Waals surface area contributed by atoms with Gasteiger partial charge in [0.15, 0.2) is 0 Å². The lowest BCUT2D eigenvalue weighted by Gasteiger charge is -2.29. The summed E-state index contributed by atoms with van der Waals surface area (Å²) in [6, 6.07) is 18.5. The van der Waals surface area contributed by atoms with Gasteiger partial charge in [0.25, 0.3) is 5.91 Å². The van der Waals surface area contributed by atoms with E-state index in [1.807, 2.05) is 24.3 Å². The molecule has 2 aromatic carbocycles. The molecule has 1 fully saturated rings. The Bertz CT molecular complexity index is 1180. The van der Waals surface area contributed by atoms with E-state index in [0.717, 1.165) is 35.2 Å². The first-order valence-electron chi connectivity index (χ1n) is 10.2. The van der Waals surface area contributed by atoms with E-state index >= 15 is 0 Å². The summed E-state index contributed by atoms with van der Waals surface area (Å²) in [7, 11) is 0. The van der Waals surface area contributed by atoms with Gasteiger partial charge >= 0.3 is 0 Å². The first-order valence-corrected chi connectivity index (χ1v) is 11.2. The minimum atomic E-state index is -0.219. The summed E-state index contributed by atoms with van der Waals surface area (Å²) >= 11 is 1.40. The van der Waals surface area contributed by atoms with Crippen molar-refractivity contribution in [2.45, 2.75) is 19.3 Å². The molecule has 6 heteroatoms. The second kappa shape index (κ2) is 8.24. The Balaban J connectivity index is 1.49. The number of hydrogen-bond donors (Lipinski definition) is 1. The molecule has 0 bridgehead atoms. The molecular formula is C24H22N4OS. The standard InChI is InChI=1S/C24H22N4OS/c29-24(22-15-30-16-25-22)27-21-9-5-6-17-10-11-20(26-23(17)21)18-7-4-8-19(14-18)28-12-2-1-3-13-28/h4-11,14-16H,1-3,12-13H2,(H,27,29). The Morgan fingerprint density at radius 3 is 2.70 bits per heavy atom. The van der Waals surface area contributed by atoms with Crippen LogP contribution in [0.2, 0.25) is 0 Å². The predicted octanol–water partition coefficient (Wildman–Crippen LogP) is 5.60. The number of hydrogen-bond acceptors (Lipinski definition) is 5. The lowest BCUT2D eigenvalue weighted by molar-refractivity contribution is 0.102. The van der Waals surface area contributed by atoms with Crippen molar-refractivity contribution in [1.82, 2.24) is 9.97 Å². The molecule has 3 heterocycles. The number of benzene rings is 2. The van der Waals surface area contributed by atoms with Crippen LogP contribution in [-0.2, 0) is 0 Å². The van der Waals surface area contributed by atoms with E-state index in [2.05, 4.69) is 45.5 Å². The highest BCUT2D eigenvalue weighted by atomic mass is 32.1. The number of carbonyl (C=O) groups excluding carboxylic acids is 1. The summed E-state index contributed by atoms with van der Waals surface area (Å²) < 4.78 is 0. The molecule has 1 saturated heterocycles. The molecule has 1 amide bonds. The SMILES string of the molecule is O=C(Nc1cccc2ccc(-c3cccc(N4CCCCC4)c3)nc12)c1cscn1. The minimum Gasteiger partial charge on any atom is -0.372 e. The van der Waals surface area contributed by atoms with E-state index in [9.17, 15) is 4.79 Å². The molecule has 4 aromatic rings. The maximum absolute atomic E-state index is 12.5. The average Bonchev–Trinajstić information content (AvgIpc) is 3.35. The zero-order valence-electron chi connectivity index (χ0n) is 16.5. The van der Waals surface area contributed by atoms with Gasteiger partial charge in [-0.25, -0.2) is 9.97 Å². The smallest absolute Gasteiger partial charge is 0.275 e. The molecule has 150 valence electrons. The number of aromatic nitrogens is 2. The summed E-state index contributed by atoms with van der Waals surface area (Å²) in [4.78, 5) is 24.0. The number of rotatable bonds is 4. The Hall–Kier alpha value is -3.25. The van der Waals surface area contributed by atoms with Crippen LogP contribution in [0.1, 0.15) is 29.8 Å². The fraction of sp³-hybridized carbons (Fsp3) is 0.208. The first-order chi connectivity index (χ1) is 14.8. The summed E-state index contributed by atoms with van der Waals surface area (Å²) in [5.41, 5.74) is 6.78. The normalized spacial score (nSPS) is 14.1. The Morgan fingerprint density at radius 2 is 1.87 bits per heavy atom. The van der Waals surface area contributed by atoms with Gasteiger partial charge in [0, 0.05) is 35.1 Å². The van der Waals surface area contributed by atoms with Crippen molar-refractivity contribution < 1.29 is 4.79 Å². The fourth-order valence-corrected chi connectivity index (χ4v) is 4.47. The van der Waals surface area contributed by atoms with E-state index < -0.39 is 0 Å². The van der Waals surface area contributed by atoms with Gasteiger partial charge in [-0.2, -0.15) is 0 Å². The quantitative estimate of drug-likeness (QED) is 0.472. The first kappa shape index (κ1) is 18.8. The second-order valence-corrected chi connectivity index (χ2v) is 8.22. The van der Waals surface area contributed by atoms with Crippen LogP contribution < -0.4 is 10.2 Å². The highest BCUT2D eigenvalue weighted by Crippen LogP contribution is 2.29. The van der Waals surface area contributed by atoms with Gasteiger partial charge in [-0.3, -0.25) is 4.79 Å². The maximum atomic E-state index is 12.5. The number of nitrogens with one attached hydrogen (secondary N) is 1. The van der Waals surface area contributed by atoms with Crippen LogP contribution in [0.5, 0.6) is 0 Å². The van der Waals surface area contributed by atoms with Crippen molar-refractivity contribution in [2.75, 3.05) is 23.3 Å². The number of anilines is 2. The lowest BCUT2D eigenvalue weighted by Crippen LogP contribution is -2.29. The third-order valence-corrected chi connectivity index (χ3v) is 6.08. The molecule has 0 radical (unpaired) electrons. The molecule has 1 N–H and O–H groups in total. The number of amides is 1. The largest absolute Gasteiger partial charge is 0.372 e. The molecular weight excluding hydrogens is 392 g/mol. The topological polar surface area (TPSA) is 58.1 Å². The van der Waals surface area contributed by atoms with E-state index in [0.29, 0.717) is 11.4 Å². The number of carbonyl (C=O) groups is 1. The van der Waals surface area contributed by atoms with Gasteiger partial charge in [-0.1, -0.05) is 30.3 Å². The van der Waals surface area contributed by atoms with Crippen LogP contribution >= 0.6 is 11.3 Å². The van der Waals surface area contributed by atoms with E-state index in [-0.39, 0.29) is 5.91 Å². The van der Waals surface area contributed by atoms with Crippen LogP contribution in [0.3, 0.4) is 0 Å². The molecule has 2 aromatic heterocycles. The Kier molecular flexibility index (Phi) is 5.15. The van der Waals surface area contributed by atoms with Crippen LogP contribution in [-0.4, -0.2) is 29.0 Å². The summed E-state index contributed by atoms with van der Waals surface area (Å²) in [6.45, 7) is 2.23. The number of piperidine rings is 1. The number of pyridine rings is 1. The van der Waals surface area contributed by atoms with Gasteiger partial charge in [0.05, 0.1) is 22.4 Å². The van der Waals surface area contributed by atoms with Crippen molar-refractivity contribution in [3.05, 3.63) is 71.2 Å². The van der Waals surface area contributed by atoms with Gasteiger partial charge in [0.2, 0.25) is 0 Å². The van der Waals surface area contributed by atoms with Crippen LogP contribution in [0.4, 0.5) is 11.4 Å². The molecule has 1 aliphatic rings. The summed E-state index contributed by atoms with van der Waals surface area (Å²) in [6.07, 6.45) is 3.82. The Labute approximate surface area is 179 Å². The number of fused-ring (bicyclic) bond motifs is 1. The van der Waals surface area contributed by atoms with Crippen molar-refractivity contribution in [3.63, 3.8) is 0 Å². The van der Waals surface area contributed by atoms with Crippen LogP contribution in [0, 0.1) is 0 Å². The van der Waals surface area contributed by atoms with E-state index in [1.54, 1.807) is 10.9 Å². The van der Waals surface area contributed by atoms with Gasteiger partial charge in [0.1, 0.15) is 5.69 Å². The molecule has 0 unspecified atom stereocenters. The van der Waals surface area contributed by atoms with Crippen molar-refractivity contribution in [1.29, 1.82) is 0 Å². The zero-order valence-corrected chi connectivity index (χ0v) is 17.4. The molecule has 1 aliphatic heterocycles. The third-order valence-electron chi connectivity index (χ3n) is 5.50. The maximum Gasteiger partial charge on any atom is 0.275 e. The zero-order chi connectivity index (χ0) is 20.3. The molecule has 0 aliphatic carbocycles. The van der Waals surface area contributed by atoms with E-state index in [1.165, 1.54) is 36.3 Å². The van der Waals surface area contributed by atoms with Gasteiger partial charge in [-0.05, 0) is 43.5 Å². The number of para-hydroxylation sites is 1. The Morgan fingerprint density at radius 1 is 1.00 bits per heavy atom. The van der Waals surface area contributed by atoms with Crippen molar-refractivity contribution in [3.8, 4) is 11.3 Å². The molecule has 0 atom stereocenters. The van der Waals surface area contributed by atoms with Crippen LogP contribution in [0.15, 0.2) is 65.5 Å². The number of thiazole rings is 1. The third kappa shape index (κ3) is 3.78. The van der Waals surface area contributed by atoms with Crippen molar-refractivity contribution in [2.24, 2.45) is 0 Å². The number of nitrogens with zero attached hydrogens (tertiary/aromatic N) is 3. The predicted molar refractivity (Wildman–Crippen MR) is 123 cm³/mol. The van der Waals surface area contributed by atoms with Crippen molar-refractivity contribution >= 4 is 39.5 Å². The lowest BCUT2D eigenvalue weighted by atomic mass is 10.1. The van der Waals surface area contributed by atoms with Gasteiger partial charge < -0.3 is 10.2 Å². The van der Waals surface area contributed by atoms with Gasteiger partial charge in [-0.15, -0.1) is 11.3 Å². The summed E-state index contributed by atoms with van der Waals surface area (Å²) in [5, 5.41) is 5.69. The van der Waals surface area contributed by atoms with Crippen LogP contribution in [0.25, 0.3) is 22.2 Å². The molecule has 30 heavy (non-hydrogen) atoms. The molecule has 5 rings (SSSR count). The monoisotopic (exact) mass is 414 g/mol. The fourth-order valence-electron chi connectivity index (χ4n) is 3.93. The highest BCUT2D eigenvalue weighted by molar-refractivity contribution is 7.07. The molecule has 5 nitrogen and oxygen atoms in total. The highest BCUT2D eigenvalue weighted by Gasteiger charge is 2.14.